The number of hydrogen-bond donors (Lipinski definition) is 2. The molecule has 1 aliphatic rings. The number of nitrogens with one attached hydrogen (secondary N) is 1. The van der Waals surface area contributed by atoms with Crippen LogP contribution < -0.4 is 15.0 Å². The van der Waals surface area contributed by atoms with E-state index in [-0.39, 0.29) is 13.1 Å². The molecule has 0 saturated carbocycles. The highest BCUT2D eigenvalue weighted by atomic mass is 16.5. The summed E-state index contributed by atoms with van der Waals surface area (Å²) >= 11 is 0. The number of rotatable bonds is 4. The van der Waals surface area contributed by atoms with Crippen LogP contribution in [0.2, 0.25) is 0 Å². The van der Waals surface area contributed by atoms with Crippen LogP contribution in [0.25, 0.3) is 0 Å². The maximum atomic E-state index is 11.8. The van der Waals surface area contributed by atoms with Gasteiger partial charge in [0.25, 0.3) is 0 Å². The van der Waals surface area contributed by atoms with Gasteiger partial charge < -0.3 is 20.1 Å². The quantitative estimate of drug-likeness (QED) is 0.594. The first-order valence-corrected chi connectivity index (χ1v) is 6.04. The Bertz CT molecular complexity index is 557. The van der Waals surface area contributed by atoms with Crippen molar-refractivity contribution >= 4 is 23.5 Å². The second kappa shape index (κ2) is 5.60. The Hall–Kier alpha value is -2.57. The van der Waals surface area contributed by atoms with Crippen LogP contribution in [0.15, 0.2) is 24.3 Å². The highest BCUT2D eigenvalue weighted by molar-refractivity contribution is 5.90. The Balaban J connectivity index is 2.08. The van der Waals surface area contributed by atoms with E-state index in [9.17, 15) is 14.4 Å². The molecule has 1 unspecified atom stereocenters. The molecular weight excluding hydrogens is 264 g/mol. The third kappa shape index (κ3) is 3.05. The first kappa shape index (κ1) is 13.9. The standard InChI is InChI=1S/C13H14N2O5/c1-8(13(18)19)14-11(16)6-15-7-12(17)20-10-5-3-2-4-9(10)15/h2-5,8H,6-7H2,1H3,(H,14,16)(H,18,19). The molecule has 1 aromatic rings. The van der Waals surface area contributed by atoms with Crippen molar-refractivity contribution in [3.05, 3.63) is 24.3 Å². The van der Waals surface area contributed by atoms with Gasteiger partial charge in [0.05, 0.1) is 12.2 Å². The second-order valence-corrected chi connectivity index (χ2v) is 4.43. The van der Waals surface area contributed by atoms with E-state index in [1.807, 2.05) is 0 Å². The zero-order valence-corrected chi connectivity index (χ0v) is 10.8. The van der Waals surface area contributed by atoms with Crippen LogP contribution in [0.4, 0.5) is 5.69 Å². The third-order valence-corrected chi connectivity index (χ3v) is 2.83. The number of carbonyl (C=O) groups is 3. The zero-order valence-electron chi connectivity index (χ0n) is 10.8. The predicted octanol–water partition coefficient (Wildman–Crippen LogP) is 0.00130. The lowest BCUT2D eigenvalue weighted by Gasteiger charge is -2.29. The van der Waals surface area contributed by atoms with Gasteiger partial charge in [0.2, 0.25) is 5.91 Å². The zero-order chi connectivity index (χ0) is 14.7. The molecule has 1 heterocycles. The highest BCUT2D eigenvalue weighted by Crippen LogP contribution is 2.30. The number of nitrogens with zero attached hydrogens (tertiary/aromatic N) is 1. The first-order chi connectivity index (χ1) is 9.47. The van der Waals surface area contributed by atoms with Crippen molar-refractivity contribution in [2.24, 2.45) is 0 Å². The van der Waals surface area contributed by atoms with Gasteiger partial charge in [-0.05, 0) is 19.1 Å². The molecule has 0 fully saturated rings. The number of carboxylic acid groups (broad SMARTS) is 1. The van der Waals surface area contributed by atoms with Gasteiger partial charge in [-0.2, -0.15) is 0 Å². The summed E-state index contributed by atoms with van der Waals surface area (Å²) in [5.74, 6) is -1.65. The average Bonchev–Trinajstić information content (AvgIpc) is 2.38. The molecule has 1 atom stereocenters. The largest absolute Gasteiger partial charge is 0.480 e. The van der Waals surface area contributed by atoms with Crippen molar-refractivity contribution < 1.29 is 24.2 Å². The summed E-state index contributed by atoms with van der Waals surface area (Å²) < 4.78 is 5.06. The van der Waals surface area contributed by atoms with Gasteiger partial charge in [0.1, 0.15) is 12.6 Å². The minimum absolute atomic E-state index is 0.0497. The smallest absolute Gasteiger partial charge is 0.331 e. The number of anilines is 1. The molecule has 1 aromatic carbocycles. The lowest BCUT2D eigenvalue weighted by molar-refractivity contribution is -0.141. The molecule has 0 spiro atoms. The Kier molecular flexibility index (Phi) is 3.88. The molecule has 2 rings (SSSR count). The van der Waals surface area contributed by atoms with Crippen LogP contribution in [0.5, 0.6) is 5.75 Å². The fourth-order valence-corrected chi connectivity index (χ4v) is 1.86. The molecule has 0 bridgehead atoms. The van der Waals surface area contributed by atoms with E-state index in [0.717, 1.165) is 0 Å². The van der Waals surface area contributed by atoms with E-state index in [1.54, 1.807) is 29.2 Å². The summed E-state index contributed by atoms with van der Waals surface area (Å²) in [5.41, 5.74) is 0.630. The van der Waals surface area contributed by atoms with Crippen LogP contribution in [0, 0.1) is 0 Å². The summed E-state index contributed by atoms with van der Waals surface area (Å²) in [7, 11) is 0. The number of carbonyl (C=O) groups excluding carboxylic acids is 2. The number of benzene rings is 1. The molecule has 0 aliphatic carbocycles. The lowest BCUT2D eigenvalue weighted by atomic mass is 10.2. The monoisotopic (exact) mass is 278 g/mol. The summed E-state index contributed by atoms with van der Waals surface area (Å²) in [5, 5.41) is 11.1. The number of fused-ring (bicyclic) bond motifs is 1. The van der Waals surface area contributed by atoms with Gasteiger partial charge >= 0.3 is 11.9 Å². The van der Waals surface area contributed by atoms with E-state index in [4.69, 9.17) is 9.84 Å². The molecule has 20 heavy (non-hydrogen) atoms. The molecule has 7 heteroatoms. The fourth-order valence-electron chi connectivity index (χ4n) is 1.86. The van der Waals surface area contributed by atoms with Gasteiger partial charge in [0.15, 0.2) is 5.75 Å². The summed E-state index contributed by atoms with van der Waals surface area (Å²) in [6.07, 6.45) is 0. The number of para-hydroxylation sites is 2. The average molecular weight is 278 g/mol. The number of esters is 1. The molecule has 106 valence electrons. The van der Waals surface area contributed by atoms with Crippen LogP contribution >= 0.6 is 0 Å². The fraction of sp³-hybridized carbons (Fsp3) is 0.308. The van der Waals surface area contributed by atoms with E-state index in [1.165, 1.54) is 6.92 Å². The maximum absolute atomic E-state index is 11.8. The van der Waals surface area contributed by atoms with Gasteiger partial charge in [-0.3, -0.25) is 9.59 Å². The molecule has 0 saturated heterocycles. The Morgan fingerprint density at radius 3 is 2.85 bits per heavy atom. The van der Waals surface area contributed by atoms with Gasteiger partial charge in [0, 0.05) is 0 Å². The third-order valence-electron chi connectivity index (χ3n) is 2.83. The summed E-state index contributed by atoms with van der Waals surface area (Å²) in [6.45, 7) is 1.22. The highest BCUT2D eigenvalue weighted by Gasteiger charge is 2.26. The van der Waals surface area contributed by atoms with Crippen molar-refractivity contribution in [3.63, 3.8) is 0 Å². The van der Waals surface area contributed by atoms with E-state index < -0.39 is 23.9 Å². The minimum Gasteiger partial charge on any atom is -0.480 e. The van der Waals surface area contributed by atoms with Crippen molar-refractivity contribution in [2.75, 3.05) is 18.0 Å². The Morgan fingerprint density at radius 2 is 2.15 bits per heavy atom. The van der Waals surface area contributed by atoms with Crippen LogP contribution in [-0.4, -0.2) is 42.1 Å². The molecule has 7 nitrogen and oxygen atoms in total. The molecule has 0 aromatic heterocycles. The number of carboxylic acids is 1. The van der Waals surface area contributed by atoms with Crippen molar-refractivity contribution in [3.8, 4) is 5.75 Å². The SMILES string of the molecule is CC(NC(=O)CN1CC(=O)Oc2ccccc21)C(=O)O. The van der Waals surface area contributed by atoms with E-state index in [2.05, 4.69) is 5.32 Å². The first-order valence-electron chi connectivity index (χ1n) is 6.04. The molecule has 0 radical (unpaired) electrons. The topological polar surface area (TPSA) is 95.9 Å². The van der Waals surface area contributed by atoms with Crippen LogP contribution in [-0.2, 0) is 14.4 Å². The number of aliphatic carboxylic acids is 1. The maximum Gasteiger partial charge on any atom is 0.331 e. The van der Waals surface area contributed by atoms with E-state index >= 15 is 0 Å². The summed E-state index contributed by atoms with van der Waals surface area (Å²) in [6, 6.07) is 5.88. The normalized spacial score (nSPS) is 15.1. The number of amides is 1. The van der Waals surface area contributed by atoms with Gasteiger partial charge in [-0.1, -0.05) is 12.1 Å². The van der Waals surface area contributed by atoms with Gasteiger partial charge in [-0.15, -0.1) is 0 Å². The summed E-state index contributed by atoms with van der Waals surface area (Å²) in [4.78, 5) is 35.5. The van der Waals surface area contributed by atoms with Crippen molar-refractivity contribution in [1.29, 1.82) is 0 Å². The van der Waals surface area contributed by atoms with Crippen molar-refractivity contribution in [1.82, 2.24) is 5.32 Å². The lowest BCUT2D eigenvalue weighted by Crippen LogP contribution is -2.47. The number of ether oxygens (including phenoxy) is 1. The minimum atomic E-state index is -1.11. The second-order valence-electron chi connectivity index (χ2n) is 4.43. The molecule has 1 aliphatic heterocycles. The predicted molar refractivity (Wildman–Crippen MR) is 69.5 cm³/mol. The van der Waals surface area contributed by atoms with Crippen LogP contribution in [0.1, 0.15) is 6.92 Å². The molecule has 2 N–H and O–H groups in total. The van der Waals surface area contributed by atoms with E-state index in [0.29, 0.717) is 11.4 Å². The molecular formula is C13H14N2O5. The Morgan fingerprint density at radius 1 is 1.45 bits per heavy atom. The molecule has 1 amide bonds. The number of hydrogen-bond acceptors (Lipinski definition) is 5. The Labute approximate surface area is 115 Å². The van der Waals surface area contributed by atoms with Gasteiger partial charge in [-0.25, -0.2) is 4.79 Å². The van der Waals surface area contributed by atoms with Crippen LogP contribution in [0.3, 0.4) is 0 Å². The van der Waals surface area contributed by atoms with Crippen molar-refractivity contribution in [2.45, 2.75) is 13.0 Å².